The quantitative estimate of drug-likeness (QED) is 0.149. The number of aromatic nitrogens is 3. The van der Waals surface area contributed by atoms with Crippen LogP contribution in [-0.4, -0.2) is 14.5 Å². The summed E-state index contributed by atoms with van der Waals surface area (Å²) in [6, 6.07) is 56.8. The van der Waals surface area contributed by atoms with Crippen molar-refractivity contribution in [3.63, 3.8) is 0 Å². The van der Waals surface area contributed by atoms with Gasteiger partial charge in [-0.15, -0.1) is 35.9 Å². The number of hydrogen-bond acceptors (Lipinski definition) is 4. The molecule has 7 aromatic carbocycles. The summed E-state index contributed by atoms with van der Waals surface area (Å²) in [5.41, 5.74) is 11.7. The molecule has 5 nitrogen and oxygen atoms in total. The van der Waals surface area contributed by atoms with Gasteiger partial charge in [-0.05, 0) is 106 Å². The van der Waals surface area contributed by atoms with E-state index in [1.165, 1.54) is 6.07 Å². The molecule has 0 saturated heterocycles. The van der Waals surface area contributed by atoms with Crippen molar-refractivity contribution in [2.24, 2.45) is 0 Å². The summed E-state index contributed by atoms with van der Waals surface area (Å²) < 4.78 is 57.5. The van der Waals surface area contributed by atoms with Crippen LogP contribution in [0.5, 0.6) is 0 Å². The maximum atomic E-state index is 14.0. The Morgan fingerprint density at radius 1 is 0.657 bits per heavy atom. The van der Waals surface area contributed by atoms with Gasteiger partial charge in [-0.1, -0.05) is 130 Å². The van der Waals surface area contributed by atoms with E-state index in [9.17, 15) is 13.2 Å². The van der Waals surface area contributed by atoms with Crippen LogP contribution in [0.1, 0.15) is 61.8 Å². The second-order valence-corrected chi connectivity index (χ2v) is 17.1. The Hall–Kier alpha value is -7.06. The molecule has 0 N–H and O–H groups in total. The van der Waals surface area contributed by atoms with Crippen molar-refractivity contribution >= 4 is 43.9 Å². The van der Waals surface area contributed by atoms with Crippen LogP contribution in [-0.2, 0) is 26.3 Å². The first kappa shape index (κ1) is 45.1. The number of aryl methyl sites for hydroxylation is 1. The minimum absolute atomic E-state index is 0. The van der Waals surface area contributed by atoms with E-state index in [0.29, 0.717) is 39.1 Å². The van der Waals surface area contributed by atoms with Gasteiger partial charge in [0.05, 0.1) is 33.6 Å². The van der Waals surface area contributed by atoms with Crippen LogP contribution in [0.25, 0.3) is 94.7 Å². The SMILES string of the molecule is Cc1c(-c2ccccc2)oc2[c-]c(-c3nc4ccccc4n3-c3c(C(C)C)cc(-c4ccccc4)cc3C(C)C)c3oc4cc(C(F)(F)F)ccc4c3c12.[Ir].[c-]1ccccc1-c1ccccn1. The molecule has 0 atom stereocenters. The third-order valence-electron chi connectivity index (χ3n) is 12.1. The van der Waals surface area contributed by atoms with Gasteiger partial charge in [0, 0.05) is 42.9 Å². The largest absolute Gasteiger partial charge is 0.501 e. The molecule has 9 heteroatoms. The number of fused-ring (bicyclic) bond motifs is 6. The van der Waals surface area contributed by atoms with E-state index in [2.05, 4.69) is 91.8 Å². The monoisotopic (exact) mass is 1060 g/mol. The zero-order chi connectivity index (χ0) is 45.7. The molecule has 0 bridgehead atoms. The van der Waals surface area contributed by atoms with Crippen molar-refractivity contribution in [2.75, 3.05) is 0 Å². The van der Waals surface area contributed by atoms with Crippen LogP contribution in [0.2, 0.25) is 0 Å². The Labute approximate surface area is 400 Å². The van der Waals surface area contributed by atoms with Crippen LogP contribution in [0.3, 0.4) is 0 Å². The zero-order valence-electron chi connectivity index (χ0n) is 37.4. The van der Waals surface area contributed by atoms with Gasteiger partial charge < -0.3 is 18.4 Å². The van der Waals surface area contributed by atoms with Crippen LogP contribution in [0.4, 0.5) is 13.2 Å². The number of alkyl halides is 3. The van der Waals surface area contributed by atoms with Gasteiger partial charge in [-0.25, -0.2) is 0 Å². The van der Waals surface area contributed by atoms with Crippen LogP contribution < -0.4 is 0 Å². The Morgan fingerprint density at radius 3 is 1.96 bits per heavy atom. The summed E-state index contributed by atoms with van der Waals surface area (Å²) >= 11 is 0. The second kappa shape index (κ2) is 18.3. The number of furan rings is 2. The molecular formula is C58H44F3IrN3O2-2. The molecule has 11 aromatic rings. The summed E-state index contributed by atoms with van der Waals surface area (Å²) in [5.74, 6) is 1.49. The number of para-hydroxylation sites is 2. The molecule has 1 radical (unpaired) electrons. The Kier molecular flexibility index (Phi) is 12.3. The normalized spacial score (nSPS) is 11.7. The maximum Gasteiger partial charge on any atom is 0.416 e. The zero-order valence-corrected chi connectivity index (χ0v) is 39.8. The predicted octanol–water partition coefficient (Wildman–Crippen LogP) is 16.6. The van der Waals surface area contributed by atoms with Crippen molar-refractivity contribution < 1.29 is 42.1 Å². The van der Waals surface area contributed by atoms with Crippen molar-refractivity contribution in [1.82, 2.24) is 14.5 Å². The van der Waals surface area contributed by atoms with Crippen molar-refractivity contribution in [2.45, 2.75) is 52.6 Å². The summed E-state index contributed by atoms with van der Waals surface area (Å²) in [4.78, 5) is 9.48. The average Bonchev–Trinajstić information content (AvgIpc) is 4.02. The molecule has 0 fully saturated rings. The van der Waals surface area contributed by atoms with Gasteiger partial charge >= 0.3 is 6.18 Å². The molecule has 0 saturated carbocycles. The molecule has 0 aliphatic heterocycles. The molecule has 4 aromatic heterocycles. The fourth-order valence-corrected chi connectivity index (χ4v) is 8.90. The number of halogens is 3. The van der Waals surface area contributed by atoms with Crippen molar-refractivity contribution in [1.29, 1.82) is 0 Å². The molecule has 4 heterocycles. The maximum absolute atomic E-state index is 14.0. The fraction of sp³-hybridized carbons (Fsp3) is 0.138. The van der Waals surface area contributed by atoms with E-state index < -0.39 is 11.7 Å². The van der Waals surface area contributed by atoms with Gasteiger partial charge in [0.2, 0.25) is 0 Å². The fourth-order valence-electron chi connectivity index (χ4n) is 8.90. The van der Waals surface area contributed by atoms with Gasteiger partial charge in [-0.2, -0.15) is 13.2 Å². The van der Waals surface area contributed by atoms with E-state index in [-0.39, 0.29) is 37.5 Å². The summed E-state index contributed by atoms with van der Waals surface area (Å²) in [6.07, 6.45) is -2.75. The van der Waals surface area contributed by atoms with Gasteiger partial charge in [-0.3, -0.25) is 4.98 Å². The molecule has 67 heavy (non-hydrogen) atoms. The number of benzene rings is 7. The third-order valence-corrected chi connectivity index (χ3v) is 12.1. The topological polar surface area (TPSA) is 57.0 Å². The van der Waals surface area contributed by atoms with E-state index in [1.807, 2.05) is 104 Å². The molecule has 0 aliphatic rings. The average molecular weight is 1060 g/mol. The Balaban J connectivity index is 0.000000375. The smallest absolute Gasteiger partial charge is 0.416 e. The standard InChI is InChI=1S/C47H36F3N2O2.C11H8N.Ir/c1-26(2)34-22-31(29-14-8-6-9-15-29)23-35(27(3)4)43(34)52-38-19-13-12-18-37(38)51-46(52)36-25-40-41(28(5)44(54-40)30-16-10-7-11-17-30)42-33-21-20-32(47(48,49)50)24-39(33)53-45(36)42;1-2-6-10(7-3-1)11-8-4-5-9-12-11;/h6-24,26-27H,1-5H3;1-6,8-9H;/q2*-1;. The molecule has 0 spiro atoms. The van der Waals surface area contributed by atoms with Crippen LogP contribution in [0, 0.1) is 19.1 Å². The number of hydrogen-bond donors (Lipinski definition) is 0. The first-order valence-corrected chi connectivity index (χ1v) is 22.0. The number of pyridine rings is 1. The summed E-state index contributed by atoms with van der Waals surface area (Å²) in [5, 5.41) is 1.96. The van der Waals surface area contributed by atoms with Crippen LogP contribution >= 0.6 is 0 Å². The molecule has 0 amide bonds. The molecular weight excluding hydrogens is 1020 g/mol. The molecule has 0 unspecified atom stereocenters. The molecule has 335 valence electrons. The Morgan fingerprint density at radius 2 is 1.31 bits per heavy atom. The van der Waals surface area contributed by atoms with Crippen LogP contribution in [0.15, 0.2) is 173 Å². The first-order valence-electron chi connectivity index (χ1n) is 22.0. The number of nitrogens with zero attached hydrogens (tertiary/aromatic N) is 3. The number of rotatable bonds is 7. The van der Waals surface area contributed by atoms with E-state index in [1.54, 1.807) is 6.20 Å². The van der Waals surface area contributed by atoms with E-state index in [0.717, 1.165) is 78.9 Å². The van der Waals surface area contributed by atoms with Gasteiger partial charge in [0.25, 0.3) is 0 Å². The summed E-state index contributed by atoms with van der Waals surface area (Å²) in [7, 11) is 0. The predicted molar refractivity (Wildman–Crippen MR) is 260 cm³/mol. The van der Waals surface area contributed by atoms with Crippen molar-refractivity contribution in [3.05, 3.63) is 198 Å². The molecule has 11 rings (SSSR count). The van der Waals surface area contributed by atoms with Gasteiger partial charge in [0.15, 0.2) is 0 Å². The minimum atomic E-state index is -4.54. The van der Waals surface area contributed by atoms with E-state index >= 15 is 0 Å². The second-order valence-electron chi connectivity index (χ2n) is 17.1. The first-order chi connectivity index (χ1) is 32.0. The molecule has 0 aliphatic carbocycles. The van der Waals surface area contributed by atoms with Gasteiger partial charge in [0.1, 0.15) is 11.3 Å². The Bertz CT molecular complexity index is 3460. The third kappa shape index (κ3) is 8.39. The summed E-state index contributed by atoms with van der Waals surface area (Å²) in [6.45, 7) is 10.8. The van der Waals surface area contributed by atoms with Crippen molar-refractivity contribution in [3.8, 4) is 50.8 Å². The minimum Gasteiger partial charge on any atom is -0.501 e. The number of imidazole rings is 1. The van der Waals surface area contributed by atoms with E-state index in [4.69, 9.17) is 13.8 Å².